The molecule has 2 heterocycles. The quantitative estimate of drug-likeness (QED) is 0.683. The molecule has 0 aliphatic carbocycles. The van der Waals surface area contributed by atoms with Gasteiger partial charge in [0.15, 0.2) is 0 Å². The molecular formula is C9H11N3O2. The van der Waals surface area contributed by atoms with Crippen molar-refractivity contribution in [1.82, 2.24) is 14.0 Å². The fraction of sp³-hybridized carbons (Fsp3) is 0.333. The molecule has 74 valence electrons. The number of nitrogens with zero attached hydrogens (tertiary/aromatic N) is 3. The van der Waals surface area contributed by atoms with E-state index in [0.29, 0.717) is 12.3 Å². The minimum Gasteiger partial charge on any atom is -0.378 e. The predicted molar refractivity (Wildman–Crippen MR) is 51.1 cm³/mol. The Morgan fingerprint density at radius 2 is 2.36 bits per heavy atom. The monoisotopic (exact) mass is 193 g/mol. The molecule has 5 nitrogen and oxygen atoms in total. The molecule has 0 aliphatic rings. The summed E-state index contributed by atoms with van der Waals surface area (Å²) >= 11 is 0. The number of aryl methyl sites for hydroxylation is 1. The first-order chi connectivity index (χ1) is 6.72. The summed E-state index contributed by atoms with van der Waals surface area (Å²) in [5, 5.41) is 0. The highest BCUT2D eigenvalue weighted by Gasteiger charge is 2.03. The smallest absolute Gasteiger partial charge is 0.333 e. The van der Waals surface area contributed by atoms with E-state index in [9.17, 15) is 4.79 Å². The number of imidazole rings is 1. The number of ether oxygens (including phenoxy) is 1. The average molecular weight is 193 g/mol. The molecule has 2 rings (SSSR count). The highest BCUT2D eigenvalue weighted by atomic mass is 16.5. The van der Waals surface area contributed by atoms with Crippen LogP contribution in [0.1, 0.15) is 5.69 Å². The van der Waals surface area contributed by atoms with Crippen LogP contribution in [0.5, 0.6) is 0 Å². The summed E-state index contributed by atoms with van der Waals surface area (Å²) in [5.41, 5.74) is 1.31. The van der Waals surface area contributed by atoms with Crippen molar-refractivity contribution in [2.24, 2.45) is 7.05 Å². The summed E-state index contributed by atoms with van der Waals surface area (Å²) in [6, 6.07) is 1.79. The SMILES string of the molecule is COCc1cn2c(=O)n(C)ccc2n1. The molecular weight excluding hydrogens is 182 g/mol. The van der Waals surface area contributed by atoms with Crippen LogP contribution in [0.4, 0.5) is 0 Å². The molecule has 0 unspecified atom stereocenters. The largest absolute Gasteiger partial charge is 0.378 e. The zero-order valence-corrected chi connectivity index (χ0v) is 8.10. The Labute approximate surface area is 80.6 Å². The molecule has 0 bridgehead atoms. The van der Waals surface area contributed by atoms with Gasteiger partial charge in [-0.15, -0.1) is 0 Å². The van der Waals surface area contributed by atoms with Crippen molar-refractivity contribution >= 4 is 5.65 Å². The van der Waals surface area contributed by atoms with Crippen LogP contribution in [0, 0.1) is 0 Å². The van der Waals surface area contributed by atoms with E-state index in [2.05, 4.69) is 4.98 Å². The van der Waals surface area contributed by atoms with Crippen molar-refractivity contribution in [1.29, 1.82) is 0 Å². The van der Waals surface area contributed by atoms with Gasteiger partial charge < -0.3 is 9.30 Å². The summed E-state index contributed by atoms with van der Waals surface area (Å²) in [6.45, 7) is 0.421. The van der Waals surface area contributed by atoms with Gasteiger partial charge in [0.05, 0.1) is 12.3 Å². The lowest BCUT2D eigenvalue weighted by Crippen LogP contribution is -2.22. The first kappa shape index (κ1) is 8.96. The number of methoxy groups -OCH3 is 1. The number of hydrogen-bond donors (Lipinski definition) is 0. The van der Waals surface area contributed by atoms with Crippen molar-refractivity contribution in [3.63, 3.8) is 0 Å². The third-order valence-corrected chi connectivity index (χ3v) is 2.03. The van der Waals surface area contributed by atoms with Gasteiger partial charge in [-0.3, -0.25) is 4.40 Å². The maximum atomic E-state index is 11.6. The van der Waals surface area contributed by atoms with Gasteiger partial charge in [-0.05, 0) is 6.07 Å². The van der Waals surface area contributed by atoms with E-state index in [4.69, 9.17) is 4.74 Å². The molecule has 0 aromatic carbocycles. The summed E-state index contributed by atoms with van der Waals surface area (Å²) in [6.07, 6.45) is 3.39. The lowest BCUT2D eigenvalue weighted by molar-refractivity contribution is 0.182. The molecule has 0 spiro atoms. The number of fused-ring (bicyclic) bond motifs is 1. The van der Waals surface area contributed by atoms with Crippen LogP contribution in [-0.4, -0.2) is 21.1 Å². The zero-order valence-electron chi connectivity index (χ0n) is 8.10. The van der Waals surface area contributed by atoms with Gasteiger partial charge in [-0.2, -0.15) is 0 Å². The second-order valence-electron chi connectivity index (χ2n) is 3.10. The molecule has 2 aromatic rings. The second kappa shape index (κ2) is 3.26. The van der Waals surface area contributed by atoms with Gasteiger partial charge in [0.2, 0.25) is 0 Å². The fourth-order valence-electron chi connectivity index (χ4n) is 1.35. The van der Waals surface area contributed by atoms with E-state index in [1.54, 1.807) is 32.6 Å². The van der Waals surface area contributed by atoms with Crippen LogP contribution in [0.2, 0.25) is 0 Å². The van der Waals surface area contributed by atoms with Gasteiger partial charge in [0.25, 0.3) is 0 Å². The Bertz CT molecular complexity index is 512. The molecule has 14 heavy (non-hydrogen) atoms. The molecule has 5 heteroatoms. The average Bonchev–Trinajstić information content (AvgIpc) is 2.56. The first-order valence-electron chi connectivity index (χ1n) is 4.25. The molecule has 0 saturated carbocycles. The summed E-state index contributed by atoms with van der Waals surface area (Å²) < 4.78 is 7.96. The lowest BCUT2D eigenvalue weighted by Gasteiger charge is -1.95. The van der Waals surface area contributed by atoms with Crippen LogP contribution in [0.25, 0.3) is 5.65 Å². The molecule has 0 radical (unpaired) electrons. The van der Waals surface area contributed by atoms with Crippen molar-refractivity contribution in [2.45, 2.75) is 6.61 Å². The van der Waals surface area contributed by atoms with Crippen molar-refractivity contribution in [3.05, 3.63) is 34.6 Å². The molecule has 0 N–H and O–H groups in total. The Morgan fingerprint density at radius 1 is 1.57 bits per heavy atom. The molecule has 0 atom stereocenters. The van der Waals surface area contributed by atoms with Gasteiger partial charge in [0, 0.05) is 26.6 Å². The van der Waals surface area contributed by atoms with Crippen molar-refractivity contribution in [2.75, 3.05) is 7.11 Å². The maximum absolute atomic E-state index is 11.6. The zero-order chi connectivity index (χ0) is 10.1. The van der Waals surface area contributed by atoms with Crippen LogP contribution in [-0.2, 0) is 18.4 Å². The van der Waals surface area contributed by atoms with Gasteiger partial charge in [0.1, 0.15) is 5.65 Å². The minimum absolute atomic E-state index is 0.0997. The third-order valence-electron chi connectivity index (χ3n) is 2.03. The summed E-state index contributed by atoms with van der Waals surface area (Å²) in [5.74, 6) is 0. The van der Waals surface area contributed by atoms with Crippen LogP contribution in [0.15, 0.2) is 23.3 Å². The lowest BCUT2D eigenvalue weighted by atomic mass is 10.5. The Kier molecular flexibility index (Phi) is 2.09. The Balaban J connectivity index is 2.65. The Hall–Kier alpha value is -1.62. The molecule has 0 amide bonds. The van der Waals surface area contributed by atoms with Crippen molar-refractivity contribution < 1.29 is 4.74 Å². The van der Waals surface area contributed by atoms with Gasteiger partial charge in [-0.1, -0.05) is 0 Å². The number of aromatic nitrogens is 3. The fourth-order valence-corrected chi connectivity index (χ4v) is 1.35. The minimum atomic E-state index is -0.0997. The van der Waals surface area contributed by atoms with Crippen LogP contribution in [0.3, 0.4) is 0 Å². The van der Waals surface area contributed by atoms with E-state index < -0.39 is 0 Å². The molecule has 2 aromatic heterocycles. The van der Waals surface area contributed by atoms with Gasteiger partial charge in [-0.25, -0.2) is 9.78 Å². The Morgan fingerprint density at radius 3 is 3.07 bits per heavy atom. The van der Waals surface area contributed by atoms with Crippen molar-refractivity contribution in [3.8, 4) is 0 Å². The number of rotatable bonds is 2. The van der Waals surface area contributed by atoms with E-state index >= 15 is 0 Å². The van der Waals surface area contributed by atoms with E-state index in [0.717, 1.165) is 5.69 Å². The van der Waals surface area contributed by atoms with Gasteiger partial charge >= 0.3 is 5.69 Å². The van der Waals surface area contributed by atoms with Crippen LogP contribution < -0.4 is 5.69 Å². The highest BCUT2D eigenvalue weighted by molar-refractivity contribution is 5.37. The van der Waals surface area contributed by atoms with E-state index in [1.165, 1.54) is 8.97 Å². The molecule has 0 aliphatic heterocycles. The standard InChI is InChI=1S/C9H11N3O2/c1-11-4-3-8-10-7(6-14-2)5-12(8)9(11)13/h3-5H,6H2,1-2H3. The van der Waals surface area contributed by atoms with Crippen LogP contribution >= 0.6 is 0 Å². The normalized spacial score (nSPS) is 11.0. The maximum Gasteiger partial charge on any atom is 0.333 e. The van der Waals surface area contributed by atoms with E-state index in [-0.39, 0.29) is 5.69 Å². The third kappa shape index (κ3) is 1.31. The topological polar surface area (TPSA) is 48.5 Å². The summed E-state index contributed by atoms with van der Waals surface area (Å²) in [7, 11) is 3.31. The predicted octanol–water partition coefficient (Wildman–Crippen LogP) is 0.179. The number of hydrogen-bond acceptors (Lipinski definition) is 3. The highest BCUT2D eigenvalue weighted by Crippen LogP contribution is 2.02. The van der Waals surface area contributed by atoms with E-state index in [1.807, 2.05) is 0 Å². The summed E-state index contributed by atoms with van der Waals surface area (Å²) in [4.78, 5) is 15.8. The first-order valence-corrected chi connectivity index (χ1v) is 4.25. The molecule has 0 saturated heterocycles. The molecule has 0 fully saturated rings. The second-order valence-corrected chi connectivity index (χ2v) is 3.10.